The van der Waals surface area contributed by atoms with Crippen LogP contribution < -0.4 is 4.74 Å². The van der Waals surface area contributed by atoms with Crippen LogP contribution in [0.4, 0.5) is 4.39 Å². The number of ether oxygens (including phenoxy) is 2. The number of hydrogen-bond acceptors (Lipinski definition) is 6. The second kappa shape index (κ2) is 10.4. The Morgan fingerprint density at radius 1 is 1.14 bits per heavy atom. The first kappa shape index (κ1) is 27.0. The molecule has 2 fully saturated rings. The summed E-state index contributed by atoms with van der Waals surface area (Å²) in [6, 6.07) is 13.1. The molecular weight excluding hydrogens is 505 g/mol. The van der Waals surface area contributed by atoms with Gasteiger partial charge in [0.2, 0.25) is 10.0 Å². The quantitative estimate of drug-likeness (QED) is 0.523. The maximum absolute atomic E-state index is 15.2. The minimum atomic E-state index is -3.69. The van der Waals surface area contributed by atoms with Gasteiger partial charge in [-0.1, -0.05) is 36.4 Å². The Kier molecular flexibility index (Phi) is 7.81. The van der Waals surface area contributed by atoms with Crippen LogP contribution in [-0.4, -0.2) is 57.5 Å². The maximum Gasteiger partial charge on any atom is 0.221 e. The van der Waals surface area contributed by atoms with Crippen molar-refractivity contribution in [2.24, 2.45) is 0 Å². The van der Waals surface area contributed by atoms with Crippen molar-refractivity contribution < 1.29 is 30.7 Å². The average molecular weight is 540 g/mol. The van der Waals surface area contributed by atoms with E-state index in [0.717, 1.165) is 5.56 Å². The fourth-order valence-electron chi connectivity index (χ4n) is 5.36. The van der Waals surface area contributed by atoms with E-state index >= 15 is 4.39 Å². The minimum absolute atomic E-state index is 0.0842. The lowest BCUT2D eigenvalue weighted by molar-refractivity contribution is 0.0366. The summed E-state index contributed by atoms with van der Waals surface area (Å²) < 4.78 is 79.0. The summed E-state index contributed by atoms with van der Waals surface area (Å²) in [6.07, 6.45) is 2.29. The molecule has 36 heavy (non-hydrogen) atoms. The molecule has 0 aliphatic carbocycles. The first-order valence-corrected chi connectivity index (χ1v) is 15.6. The first-order chi connectivity index (χ1) is 17.0. The molecule has 2 heterocycles. The van der Waals surface area contributed by atoms with Gasteiger partial charge in [-0.3, -0.25) is 0 Å². The predicted molar refractivity (Wildman–Crippen MR) is 136 cm³/mol. The summed E-state index contributed by atoms with van der Waals surface area (Å²) in [4.78, 5) is 0. The summed E-state index contributed by atoms with van der Waals surface area (Å²) in [5, 5.41) is -0.659. The monoisotopic (exact) mass is 539 g/mol. The van der Waals surface area contributed by atoms with E-state index in [2.05, 4.69) is 0 Å². The molecule has 4 rings (SSSR count). The molecular formula is C26H34FNO6S2. The lowest BCUT2D eigenvalue weighted by Crippen LogP contribution is -2.53. The summed E-state index contributed by atoms with van der Waals surface area (Å²) >= 11 is 0. The van der Waals surface area contributed by atoms with Crippen LogP contribution in [0, 0.1) is 5.82 Å². The summed E-state index contributed by atoms with van der Waals surface area (Å²) in [6.45, 7) is 4.08. The zero-order chi connectivity index (χ0) is 26.1. The van der Waals surface area contributed by atoms with Gasteiger partial charge in [0, 0.05) is 43.7 Å². The molecule has 3 atom stereocenters. The normalized spacial score (nSPS) is 25.2. The van der Waals surface area contributed by atoms with Gasteiger partial charge in [-0.2, -0.15) is 4.31 Å². The predicted octanol–water partition coefficient (Wildman–Crippen LogP) is 4.24. The Labute approximate surface area is 213 Å². The average Bonchev–Trinajstić information content (AvgIpc) is 2.83. The van der Waals surface area contributed by atoms with Gasteiger partial charge in [0.15, 0.2) is 9.84 Å². The summed E-state index contributed by atoms with van der Waals surface area (Å²) in [5.41, 5.74) is 0.976. The summed E-state index contributed by atoms with van der Waals surface area (Å²) in [5.74, 6) is -0.390. The van der Waals surface area contributed by atoms with E-state index in [-0.39, 0.29) is 23.9 Å². The van der Waals surface area contributed by atoms with Crippen molar-refractivity contribution in [3.05, 3.63) is 65.5 Å². The van der Waals surface area contributed by atoms with Crippen molar-refractivity contribution >= 4 is 19.9 Å². The topological polar surface area (TPSA) is 90.0 Å². The number of benzene rings is 2. The number of hydrogen-bond donors (Lipinski definition) is 0. The molecule has 0 spiro atoms. The van der Waals surface area contributed by atoms with Crippen LogP contribution in [0.2, 0.25) is 0 Å². The number of halogens is 1. The Bertz CT molecular complexity index is 1280. The highest BCUT2D eigenvalue weighted by atomic mass is 32.2. The molecule has 2 aromatic rings. The number of nitrogens with zero attached hydrogens (tertiary/aromatic N) is 1. The number of sulfonamides is 1. The Balaban J connectivity index is 1.54. The molecule has 0 saturated carbocycles. The molecule has 0 aromatic heterocycles. The van der Waals surface area contributed by atoms with Crippen LogP contribution in [0.3, 0.4) is 0 Å². The van der Waals surface area contributed by atoms with E-state index in [4.69, 9.17) is 9.47 Å². The second-order valence-corrected chi connectivity index (χ2v) is 14.3. The van der Waals surface area contributed by atoms with Crippen LogP contribution in [0.5, 0.6) is 5.75 Å². The first-order valence-electron chi connectivity index (χ1n) is 12.2. The van der Waals surface area contributed by atoms with Crippen molar-refractivity contribution in [2.45, 2.75) is 68.2 Å². The van der Waals surface area contributed by atoms with Gasteiger partial charge < -0.3 is 9.47 Å². The molecule has 2 aromatic carbocycles. The van der Waals surface area contributed by atoms with Crippen LogP contribution in [0.15, 0.2) is 48.5 Å². The van der Waals surface area contributed by atoms with Crippen molar-refractivity contribution in [3.8, 4) is 5.75 Å². The van der Waals surface area contributed by atoms with Gasteiger partial charge in [-0.25, -0.2) is 21.2 Å². The molecule has 7 nitrogen and oxygen atoms in total. The SMILES string of the molecule is CC(Oc1ccc(CN2[C@@H](C)CC[C@H](c3ccccc3)S2(=O)=O)c(F)c1)C1(S(C)(=O)=O)CCOCC1. The molecule has 0 bridgehead atoms. The smallest absolute Gasteiger partial charge is 0.221 e. The lowest BCUT2D eigenvalue weighted by atomic mass is 9.93. The van der Waals surface area contributed by atoms with Gasteiger partial charge in [0.1, 0.15) is 27.7 Å². The van der Waals surface area contributed by atoms with Crippen LogP contribution in [-0.2, 0) is 31.1 Å². The van der Waals surface area contributed by atoms with Crippen molar-refractivity contribution in [1.82, 2.24) is 4.31 Å². The third-order valence-corrected chi connectivity index (χ3v) is 12.3. The fourth-order valence-corrected chi connectivity index (χ4v) is 9.10. The zero-order valence-corrected chi connectivity index (χ0v) is 22.5. The molecule has 2 saturated heterocycles. The maximum atomic E-state index is 15.2. The van der Waals surface area contributed by atoms with Gasteiger partial charge in [-0.15, -0.1) is 0 Å². The van der Waals surface area contributed by atoms with E-state index in [9.17, 15) is 16.8 Å². The van der Waals surface area contributed by atoms with E-state index in [0.29, 0.717) is 38.9 Å². The molecule has 2 aliphatic heterocycles. The molecule has 1 unspecified atom stereocenters. The molecule has 10 heteroatoms. The van der Waals surface area contributed by atoms with Crippen molar-refractivity contribution in [2.75, 3.05) is 19.5 Å². The standard InChI is InChI=1S/C26H34FNO6S2/c1-19-9-12-25(21-7-5-4-6-8-21)36(31,32)28(19)18-22-10-11-23(17-24(22)27)34-20(2)26(35(3,29)30)13-15-33-16-14-26/h4-8,10-11,17,19-20,25H,9,12-16,18H2,1-3H3/t19-,20?,25+/m0/s1. The van der Waals surface area contributed by atoms with Crippen LogP contribution >= 0.6 is 0 Å². The fraction of sp³-hybridized carbons (Fsp3) is 0.538. The molecule has 198 valence electrons. The van der Waals surface area contributed by atoms with E-state index in [1.54, 1.807) is 13.0 Å². The molecule has 0 radical (unpaired) electrons. The Morgan fingerprint density at radius 3 is 2.42 bits per heavy atom. The van der Waals surface area contributed by atoms with Gasteiger partial charge in [-0.05, 0) is 51.2 Å². The largest absolute Gasteiger partial charge is 0.489 e. The minimum Gasteiger partial charge on any atom is -0.489 e. The van der Waals surface area contributed by atoms with E-state index < -0.39 is 41.8 Å². The van der Waals surface area contributed by atoms with Gasteiger partial charge in [0.25, 0.3) is 0 Å². The lowest BCUT2D eigenvalue weighted by Gasteiger charge is -2.40. The zero-order valence-electron chi connectivity index (χ0n) is 20.9. The van der Waals surface area contributed by atoms with Crippen LogP contribution in [0.1, 0.15) is 55.9 Å². The van der Waals surface area contributed by atoms with E-state index in [1.165, 1.54) is 22.7 Å². The highest BCUT2D eigenvalue weighted by Gasteiger charge is 2.48. The van der Waals surface area contributed by atoms with Crippen LogP contribution in [0.25, 0.3) is 0 Å². The highest BCUT2D eigenvalue weighted by molar-refractivity contribution is 7.92. The van der Waals surface area contributed by atoms with Gasteiger partial charge >= 0.3 is 0 Å². The Hall–Kier alpha value is -2.01. The van der Waals surface area contributed by atoms with Crippen molar-refractivity contribution in [3.63, 3.8) is 0 Å². The number of rotatable bonds is 7. The third-order valence-electron chi connectivity index (χ3n) is 7.68. The molecule has 0 amide bonds. The van der Waals surface area contributed by atoms with Gasteiger partial charge in [0.05, 0.1) is 0 Å². The molecule has 2 aliphatic rings. The Morgan fingerprint density at radius 2 is 1.81 bits per heavy atom. The second-order valence-electron chi connectivity index (χ2n) is 9.88. The van der Waals surface area contributed by atoms with Crippen molar-refractivity contribution in [1.29, 1.82) is 0 Å². The number of sulfone groups is 1. The third kappa shape index (κ3) is 5.18. The summed E-state index contributed by atoms with van der Waals surface area (Å²) in [7, 11) is -7.16. The highest BCUT2D eigenvalue weighted by Crippen LogP contribution is 2.39. The molecule has 0 N–H and O–H groups in total. The van der Waals surface area contributed by atoms with E-state index in [1.807, 2.05) is 37.3 Å².